The first-order valence-electron chi connectivity index (χ1n) is 9.18. The molecule has 0 bridgehead atoms. The molecule has 1 aliphatic rings. The van der Waals surface area contributed by atoms with Crippen LogP contribution in [-0.2, 0) is 0 Å². The van der Waals surface area contributed by atoms with Crippen LogP contribution in [0.1, 0.15) is 21.8 Å². The molecule has 7 nitrogen and oxygen atoms in total. The molecule has 2 aromatic carbocycles. The van der Waals surface area contributed by atoms with E-state index in [2.05, 4.69) is 25.3 Å². The van der Waals surface area contributed by atoms with Crippen molar-refractivity contribution in [2.75, 3.05) is 18.4 Å². The molecule has 2 heterocycles. The second kappa shape index (κ2) is 7.79. The standard InChI is InChI=1S/C20H18F3N5O2/c21-20(22,23)30-12-6-4-11(5-7-12)15-8-25-9-16(15)28-19-14-3-1-2-13(18(24)29)17(14)26-10-27-19/h1-7,10,15-16,25H,8-9H2,(H2,24,29)(H,26,27,28)/t15-,16+/m0/s1. The van der Waals surface area contributed by atoms with E-state index in [1.54, 1.807) is 30.3 Å². The van der Waals surface area contributed by atoms with Crippen molar-refractivity contribution >= 4 is 22.6 Å². The fourth-order valence-electron chi connectivity index (χ4n) is 3.67. The van der Waals surface area contributed by atoms with Gasteiger partial charge in [-0.3, -0.25) is 4.79 Å². The number of hydrogen-bond donors (Lipinski definition) is 3. The molecule has 4 N–H and O–H groups in total. The summed E-state index contributed by atoms with van der Waals surface area (Å²) in [5.74, 6) is -0.289. The van der Waals surface area contributed by atoms with E-state index in [-0.39, 0.29) is 17.7 Å². The monoisotopic (exact) mass is 417 g/mol. The van der Waals surface area contributed by atoms with Gasteiger partial charge < -0.3 is 21.1 Å². The maximum Gasteiger partial charge on any atom is 0.573 e. The van der Waals surface area contributed by atoms with Crippen LogP contribution in [0.4, 0.5) is 19.0 Å². The number of nitrogens with one attached hydrogen (secondary N) is 2. The highest BCUT2D eigenvalue weighted by molar-refractivity contribution is 6.06. The Morgan fingerprint density at radius 3 is 2.60 bits per heavy atom. The number of nitrogens with two attached hydrogens (primary N) is 1. The lowest BCUT2D eigenvalue weighted by atomic mass is 9.94. The highest BCUT2D eigenvalue weighted by Crippen LogP contribution is 2.30. The van der Waals surface area contributed by atoms with Crippen molar-refractivity contribution in [3.63, 3.8) is 0 Å². The number of carbonyl (C=O) groups excluding carboxylic acids is 1. The number of primary amides is 1. The molecule has 1 fully saturated rings. The maximum absolute atomic E-state index is 12.4. The Morgan fingerprint density at radius 2 is 1.90 bits per heavy atom. The molecule has 3 aromatic rings. The number of nitrogens with zero attached hydrogens (tertiary/aromatic N) is 2. The lowest BCUT2D eigenvalue weighted by Crippen LogP contribution is -2.28. The van der Waals surface area contributed by atoms with Crippen molar-refractivity contribution in [2.24, 2.45) is 5.73 Å². The smallest absolute Gasteiger partial charge is 0.406 e. The number of benzene rings is 2. The Kier molecular flexibility index (Phi) is 5.17. The van der Waals surface area contributed by atoms with Crippen LogP contribution in [0.25, 0.3) is 10.9 Å². The van der Waals surface area contributed by atoms with E-state index in [1.165, 1.54) is 18.5 Å². The number of alkyl halides is 3. The van der Waals surface area contributed by atoms with Gasteiger partial charge in [0, 0.05) is 30.4 Å². The van der Waals surface area contributed by atoms with E-state index in [9.17, 15) is 18.0 Å². The third-order valence-corrected chi connectivity index (χ3v) is 5.01. The molecule has 30 heavy (non-hydrogen) atoms. The molecule has 0 saturated carbocycles. The number of amides is 1. The van der Waals surface area contributed by atoms with Gasteiger partial charge in [-0.1, -0.05) is 18.2 Å². The topological polar surface area (TPSA) is 102 Å². The first kappa shape index (κ1) is 19.9. The lowest BCUT2D eigenvalue weighted by Gasteiger charge is -2.22. The number of anilines is 1. The second-order valence-corrected chi connectivity index (χ2v) is 6.92. The van der Waals surface area contributed by atoms with Gasteiger partial charge in [-0.15, -0.1) is 13.2 Å². The summed E-state index contributed by atoms with van der Waals surface area (Å²) in [6.45, 7) is 1.28. The van der Waals surface area contributed by atoms with E-state index in [1.807, 2.05) is 0 Å². The van der Waals surface area contributed by atoms with Crippen LogP contribution in [0.2, 0.25) is 0 Å². The van der Waals surface area contributed by atoms with Crippen LogP contribution in [0.5, 0.6) is 5.75 Å². The average Bonchev–Trinajstić information content (AvgIpc) is 3.15. The summed E-state index contributed by atoms with van der Waals surface area (Å²) in [6.07, 6.45) is -3.36. The fraction of sp³-hybridized carbons (Fsp3) is 0.250. The van der Waals surface area contributed by atoms with E-state index in [0.717, 1.165) is 5.56 Å². The van der Waals surface area contributed by atoms with Gasteiger partial charge in [-0.2, -0.15) is 0 Å². The third kappa shape index (κ3) is 4.13. The van der Waals surface area contributed by atoms with Crippen molar-refractivity contribution < 1.29 is 22.7 Å². The Morgan fingerprint density at radius 1 is 1.13 bits per heavy atom. The van der Waals surface area contributed by atoms with Crippen molar-refractivity contribution in [1.82, 2.24) is 15.3 Å². The van der Waals surface area contributed by atoms with Crippen LogP contribution in [0, 0.1) is 0 Å². The molecule has 1 aliphatic heterocycles. The zero-order chi connectivity index (χ0) is 21.3. The molecule has 0 aliphatic carbocycles. The number of halogens is 3. The predicted molar refractivity (Wildman–Crippen MR) is 104 cm³/mol. The Hall–Kier alpha value is -3.40. The van der Waals surface area contributed by atoms with Gasteiger partial charge in [-0.25, -0.2) is 9.97 Å². The van der Waals surface area contributed by atoms with Gasteiger partial charge in [-0.05, 0) is 29.8 Å². The number of aromatic nitrogens is 2. The number of fused-ring (bicyclic) bond motifs is 1. The molecular weight excluding hydrogens is 399 g/mol. The summed E-state index contributed by atoms with van der Waals surface area (Å²) < 4.78 is 41.0. The van der Waals surface area contributed by atoms with Gasteiger partial charge in [0.1, 0.15) is 17.9 Å². The predicted octanol–water partition coefficient (Wildman–Crippen LogP) is 2.79. The van der Waals surface area contributed by atoms with Crippen LogP contribution in [-0.4, -0.2) is 41.4 Å². The molecule has 2 atom stereocenters. The van der Waals surface area contributed by atoms with Crippen LogP contribution >= 0.6 is 0 Å². The van der Waals surface area contributed by atoms with E-state index >= 15 is 0 Å². The molecule has 0 unspecified atom stereocenters. The van der Waals surface area contributed by atoms with Crippen molar-refractivity contribution in [3.8, 4) is 5.75 Å². The van der Waals surface area contributed by atoms with Crippen LogP contribution in [0.3, 0.4) is 0 Å². The minimum atomic E-state index is -4.72. The van der Waals surface area contributed by atoms with Crippen LogP contribution < -0.4 is 21.1 Å². The Bertz CT molecular complexity index is 1070. The molecule has 1 aromatic heterocycles. The molecule has 156 valence electrons. The largest absolute Gasteiger partial charge is 0.573 e. The number of carbonyl (C=O) groups is 1. The summed E-state index contributed by atoms with van der Waals surface area (Å²) in [5, 5.41) is 7.32. The number of ether oxygens (including phenoxy) is 1. The Labute approximate surface area is 169 Å². The second-order valence-electron chi connectivity index (χ2n) is 6.92. The third-order valence-electron chi connectivity index (χ3n) is 5.01. The minimum Gasteiger partial charge on any atom is -0.406 e. The summed E-state index contributed by atoms with van der Waals surface area (Å²) in [6, 6.07) is 10.9. The van der Waals surface area contributed by atoms with Crippen molar-refractivity contribution in [1.29, 1.82) is 0 Å². The highest BCUT2D eigenvalue weighted by atomic mass is 19.4. The van der Waals surface area contributed by atoms with Gasteiger partial charge >= 0.3 is 6.36 Å². The van der Waals surface area contributed by atoms with Crippen LogP contribution in [0.15, 0.2) is 48.8 Å². The van der Waals surface area contributed by atoms with Crippen molar-refractivity contribution in [3.05, 3.63) is 59.9 Å². The van der Waals surface area contributed by atoms with Gasteiger partial charge in [0.25, 0.3) is 5.91 Å². The molecule has 0 spiro atoms. The average molecular weight is 417 g/mol. The van der Waals surface area contributed by atoms with E-state index in [0.29, 0.717) is 35.4 Å². The van der Waals surface area contributed by atoms with Gasteiger partial charge in [0.2, 0.25) is 0 Å². The number of hydrogen-bond acceptors (Lipinski definition) is 6. The van der Waals surface area contributed by atoms with E-state index in [4.69, 9.17) is 5.73 Å². The molecule has 1 saturated heterocycles. The Balaban J connectivity index is 1.58. The quantitative estimate of drug-likeness (QED) is 0.590. The number of rotatable bonds is 5. The SMILES string of the molecule is NC(=O)c1cccc2c(N[C@@H]3CNC[C@H]3c3ccc(OC(F)(F)F)cc3)ncnc12. The molecule has 4 rings (SSSR count). The molecule has 0 radical (unpaired) electrons. The summed E-state index contributed by atoms with van der Waals surface area (Å²) >= 11 is 0. The zero-order valence-electron chi connectivity index (χ0n) is 15.6. The first-order valence-corrected chi connectivity index (χ1v) is 9.18. The van der Waals surface area contributed by atoms with Gasteiger partial charge in [0.05, 0.1) is 11.1 Å². The number of para-hydroxylation sites is 1. The summed E-state index contributed by atoms with van der Waals surface area (Å²) in [7, 11) is 0. The molecule has 1 amide bonds. The lowest BCUT2D eigenvalue weighted by molar-refractivity contribution is -0.274. The summed E-state index contributed by atoms with van der Waals surface area (Å²) in [4.78, 5) is 20.2. The zero-order valence-corrected chi connectivity index (χ0v) is 15.6. The summed E-state index contributed by atoms with van der Waals surface area (Å²) in [5.41, 5.74) is 7.06. The highest BCUT2D eigenvalue weighted by Gasteiger charge is 2.32. The van der Waals surface area contributed by atoms with Gasteiger partial charge in [0.15, 0.2) is 0 Å². The fourth-order valence-corrected chi connectivity index (χ4v) is 3.67. The van der Waals surface area contributed by atoms with E-state index < -0.39 is 12.3 Å². The minimum absolute atomic E-state index is 0.00530. The molecular formula is C20H18F3N5O2. The maximum atomic E-state index is 12.4. The normalized spacial score (nSPS) is 19.0. The first-order chi connectivity index (χ1) is 14.3. The van der Waals surface area contributed by atoms with Crippen molar-refractivity contribution in [2.45, 2.75) is 18.3 Å². The molecule has 10 heteroatoms.